The van der Waals surface area contributed by atoms with E-state index in [1.54, 1.807) is 6.07 Å². The van der Waals surface area contributed by atoms with Gasteiger partial charge in [0.1, 0.15) is 0 Å². The molecular weight excluding hydrogens is 249 g/mol. The fourth-order valence-electron chi connectivity index (χ4n) is 1.54. The van der Waals surface area contributed by atoms with Gasteiger partial charge in [0.15, 0.2) is 5.17 Å². The average molecular weight is 260 g/mol. The molecule has 1 N–H and O–H groups in total. The fraction of sp³-hybridized carbons (Fsp3) is 0.364. The van der Waals surface area contributed by atoms with Gasteiger partial charge in [-0.3, -0.25) is 4.99 Å². The zero-order chi connectivity index (χ0) is 12.5. The maximum absolute atomic E-state index is 12.7. The van der Waals surface area contributed by atoms with Gasteiger partial charge in [0.05, 0.1) is 12.1 Å². The van der Waals surface area contributed by atoms with Crippen LogP contribution in [0.3, 0.4) is 0 Å². The molecule has 1 heterocycles. The maximum atomic E-state index is 12.7. The highest BCUT2D eigenvalue weighted by Crippen LogP contribution is 2.33. The lowest BCUT2D eigenvalue weighted by molar-refractivity contribution is -0.138. The molecule has 17 heavy (non-hydrogen) atoms. The molecule has 0 radical (unpaired) electrons. The third kappa shape index (κ3) is 2.94. The van der Waals surface area contributed by atoms with Crippen LogP contribution in [0.4, 0.5) is 18.9 Å². The number of hydrogen-bond donors (Lipinski definition) is 1. The van der Waals surface area contributed by atoms with Crippen LogP contribution in [-0.2, 0) is 6.18 Å². The van der Waals surface area contributed by atoms with Crippen molar-refractivity contribution in [1.29, 1.82) is 0 Å². The summed E-state index contributed by atoms with van der Waals surface area (Å²) >= 11 is 1.51. The van der Waals surface area contributed by atoms with E-state index >= 15 is 0 Å². The quantitative estimate of drug-likeness (QED) is 0.835. The van der Waals surface area contributed by atoms with Crippen molar-refractivity contribution in [2.75, 3.05) is 17.6 Å². The number of rotatable bonds is 1. The summed E-state index contributed by atoms with van der Waals surface area (Å²) in [6.45, 7) is 2.17. The molecule has 0 amide bonds. The standard InChI is InChI=1S/C11H11F3N2S/c1-7-2-3-8(6-9(7)11(12,13)14)16-10-15-4-5-17-10/h2-3,6H,4-5H2,1H3,(H,15,16). The van der Waals surface area contributed by atoms with Gasteiger partial charge in [-0.2, -0.15) is 13.2 Å². The van der Waals surface area contributed by atoms with E-state index in [1.165, 1.54) is 24.8 Å². The normalized spacial score (nSPS) is 15.9. The van der Waals surface area contributed by atoms with Crippen molar-refractivity contribution in [3.63, 3.8) is 0 Å². The first-order valence-corrected chi connectivity index (χ1v) is 6.07. The van der Waals surface area contributed by atoms with E-state index in [4.69, 9.17) is 0 Å². The van der Waals surface area contributed by atoms with Gasteiger partial charge < -0.3 is 5.32 Å². The zero-order valence-corrected chi connectivity index (χ0v) is 9.95. The molecular formula is C11H11F3N2S. The third-order valence-corrected chi connectivity index (χ3v) is 3.27. The zero-order valence-electron chi connectivity index (χ0n) is 9.14. The molecule has 2 rings (SSSR count). The molecule has 1 aromatic rings. The number of halogens is 3. The van der Waals surface area contributed by atoms with Crippen molar-refractivity contribution in [2.45, 2.75) is 13.1 Å². The van der Waals surface area contributed by atoms with Gasteiger partial charge in [0.2, 0.25) is 0 Å². The van der Waals surface area contributed by atoms with Crippen LogP contribution in [0, 0.1) is 6.92 Å². The summed E-state index contributed by atoms with van der Waals surface area (Å²) in [6.07, 6.45) is -4.31. The van der Waals surface area contributed by atoms with E-state index in [9.17, 15) is 13.2 Å². The molecule has 0 atom stereocenters. The third-order valence-electron chi connectivity index (χ3n) is 2.38. The first-order chi connectivity index (χ1) is 7.97. The largest absolute Gasteiger partial charge is 0.416 e. The number of nitrogens with one attached hydrogen (secondary N) is 1. The van der Waals surface area contributed by atoms with Crippen molar-refractivity contribution < 1.29 is 13.2 Å². The van der Waals surface area contributed by atoms with Crippen LogP contribution in [0.5, 0.6) is 0 Å². The van der Waals surface area contributed by atoms with Gasteiger partial charge in [-0.05, 0) is 24.6 Å². The molecule has 92 valence electrons. The van der Waals surface area contributed by atoms with Crippen LogP contribution >= 0.6 is 11.8 Å². The van der Waals surface area contributed by atoms with Gasteiger partial charge in [0.25, 0.3) is 0 Å². The van der Waals surface area contributed by atoms with Crippen molar-refractivity contribution in [2.24, 2.45) is 4.99 Å². The van der Waals surface area contributed by atoms with Crippen LogP contribution < -0.4 is 5.32 Å². The summed E-state index contributed by atoms with van der Waals surface area (Å²) in [6, 6.07) is 4.22. The minimum Gasteiger partial charge on any atom is -0.335 e. The Morgan fingerprint density at radius 1 is 1.35 bits per heavy atom. The van der Waals surface area contributed by atoms with E-state index in [2.05, 4.69) is 10.3 Å². The minimum atomic E-state index is -4.31. The van der Waals surface area contributed by atoms with E-state index in [1.807, 2.05) is 0 Å². The number of aliphatic imine (C=N–C) groups is 1. The molecule has 0 saturated heterocycles. The van der Waals surface area contributed by atoms with Crippen molar-refractivity contribution in [3.8, 4) is 0 Å². The molecule has 0 bridgehead atoms. The van der Waals surface area contributed by atoms with Gasteiger partial charge in [-0.25, -0.2) is 0 Å². The maximum Gasteiger partial charge on any atom is 0.416 e. The molecule has 6 heteroatoms. The van der Waals surface area contributed by atoms with Gasteiger partial charge >= 0.3 is 6.18 Å². The van der Waals surface area contributed by atoms with Gasteiger partial charge in [-0.15, -0.1) is 0 Å². The molecule has 1 aliphatic heterocycles. The second kappa shape index (κ2) is 4.60. The SMILES string of the molecule is Cc1ccc(NC2=NCCS2)cc1C(F)(F)F. The number of aryl methyl sites for hydroxylation is 1. The molecule has 1 aliphatic rings. The van der Waals surface area contributed by atoms with E-state index in [0.717, 1.165) is 11.8 Å². The number of amidine groups is 1. The Hall–Kier alpha value is -1.17. The van der Waals surface area contributed by atoms with Crippen LogP contribution in [0.15, 0.2) is 23.2 Å². The van der Waals surface area contributed by atoms with Crippen molar-refractivity contribution in [3.05, 3.63) is 29.3 Å². The van der Waals surface area contributed by atoms with Crippen LogP contribution in [0.2, 0.25) is 0 Å². The monoisotopic (exact) mass is 260 g/mol. The number of benzene rings is 1. The van der Waals surface area contributed by atoms with Crippen molar-refractivity contribution >= 4 is 22.6 Å². The summed E-state index contributed by atoms with van der Waals surface area (Å²) in [5, 5.41) is 3.58. The minimum absolute atomic E-state index is 0.226. The fourth-order valence-corrected chi connectivity index (χ4v) is 2.29. The Morgan fingerprint density at radius 2 is 2.12 bits per heavy atom. The lowest BCUT2D eigenvalue weighted by Crippen LogP contribution is -2.10. The topological polar surface area (TPSA) is 24.4 Å². The van der Waals surface area contributed by atoms with E-state index in [-0.39, 0.29) is 5.56 Å². The molecule has 0 aromatic heterocycles. The van der Waals surface area contributed by atoms with Gasteiger partial charge in [0, 0.05) is 11.4 Å². The summed E-state index contributed by atoms with van der Waals surface area (Å²) in [7, 11) is 0. The molecule has 0 fully saturated rings. The number of hydrogen-bond acceptors (Lipinski definition) is 3. The average Bonchev–Trinajstić information content (AvgIpc) is 2.72. The lowest BCUT2D eigenvalue weighted by atomic mass is 10.1. The molecule has 0 aliphatic carbocycles. The van der Waals surface area contributed by atoms with E-state index in [0.29, 0.717) is 17.4 Å². The lowest BCUT2D eigenvalue weighted by Gasteiger charge is -2.12. The van der Waals surface area contributed by atoms with Crippen molar-refractivity contribution in [1.82, 2.24) is 0 Å². The summed E-state index contributed by atoms with van der Waals surface area (Å²) < 4.78 is 38.0. The highest BCUT2D eigenvalue weighted by Gasteiger charge is 2.32. The second-order valence-corrected chi connectivity index (χ2v) is 4.77. The number of anilines is 1. The highest BCUT2D eigenvalue weighted by atomic mass is 32.2. The molecule has 1 aromatic carbocycles. The number of alkyl halides is 3. The van der Waals surface area contributed by atoms with Crippen LogP contribution in [-0.4, -0.2) is 17.5 Å². The Morgan fingerprint density at radius 3 is 2.71 bits per heavy atom. The Balaban J connectivity index is 2.24. The molecule has 2 nitrogen and oxygen atoms in total. The predicted molar refractivity (Wildman–Crippen MR) is 64.6 cm³/mol. The Bertz CT molecular complexity index is 455. The first-order valence-electron chi connectivity index (χ1n) is 5.09. The second-order valence-electron chi connectivity index (χ2n) is 3.69. The summed E-state index contributed by atoms with van der Waals surface area (Å²) in [4.78, 5) is 4.13. The highest BCUT2D eigenvalue weighted by molar-refractivity contribution is 8.14. The first kappa shape index (κ1) is 12.3. The summed E-state index contributed by atoms with van der Waals surface area (Å²) in [5.41, 5.74) is 0.0474. The molecule has 0 unspecified atom stereocenters. The predicted octanol–water partition coefficient (Wildman–Crippen LogP) is 3.53. The van der Waals surface area contributed by atoms with Gasteiger partial charge in [-0.1, -0.05) is 17.8 Å². The van der Waals surface area contributed by atoms with E-state index < -0.39 is 11.7 Å². The van der Waals surface area contributed by atoms with Crippen LogP contribution in [0.1, 0.15) is 11.1 Å². The number of nitrogens with zero attached hydrogens (tertiary/aromatic N) is 1. The Labute approximate surface area is 101 Å². The number of thioether (sulfide) groups is 1. The van der Waals surface area contributed by atoms with Crippen LogP contribution in [0.25, 0.3) is 0 Å². The summed E-state index contributed by atoms with van der Waals surface area (Å²) in [5.74, 6) is 0.875. The molecule has 0 spiro atoms. The smallest absolute Gasteiger partial charge is 0.335 e. The Kier molecular flexibility index (Phi) is 3.33. The molecule has 0 saturated carbocycles.